The summed E-state index contributed by atoms with van der Waals surface area (Å²) in [4.78, 5) is 0. The van der Waals surface area contributed by atoms with E-state index in [4.69, 9.17) is 4.74 Å². The maximum absolute atomic E-state index is 5.95. The first-order valence-electron chi connectivity index (χ1n) is 7.61. The predicted octanol–water partition coefficient (Wildman–Crippen LogP) is 4.39. The molecule has 0 radical (unpaired) electrons. The SMILES string of the molecule is CCNC(COc1ccc(C(C)(C)C)cc1)C(C)(C)C. The lowest BCUT2D eigenvalue weighted by atomic mass is 9.87. The third kappa shape index (κ3) is 5.16. The van der Waals surface area contributed by atoms with E-state index >= 15 is 0 Å². The fourth-order valence-electron chi connectivity index (χ4n) is 2.09. The fourth-order valence-corrected chi connectivity index (χ4v) is 2.09. The molecule has 1 rings (SSSR count). The minimum Gasteiger partial charge on any atom is -0.492 e. The van der Waals surface area contributed by atoms with Crippen LogP contribution in [-0.4, -0.2) is 19.2 Å². The molecule has 2 nitrogen and oxygen atoms in total. The van der Waals surface area contributed by atoms with Crippen LogP contribution in [0.25, 0.3) is 0 Å². The van der Waals surface area contributed by atoms with Gasteiger partial charge in [-0.15, -0.1) is 0 Å². The number of likely N-dealkylation sites (N-methyl/N-ethyl adjacent to an activating group) is 1. The van der Waals surface area contributed by atoms with Gasteiger partial charge in [0.2, 0.25) is 0 Å². The quantitative estimate of drug-likeness (QED) is 0.862. The van der Waals surface area contributed by atoms with Crippen molar-refractivity contribution in [2.75, 3.05) is 13.2 Å². The Kier molecular flexibility index (Phi) is 5.64. The third-order valence-electron chi connectivity index (χ3n) is 3.63. The third-order valence-corrected chi connectivity index (χ3v) is 3.63. The summed E-state index contributed by atoms with van der Waals surface area (Å²) in [5, 5.41) is 3.50. The van der Waals surface area contributed by atoms with Gasteiger partial charge in [-0.2, -0.15) is 0 Å². The Bertz CT molecular complexity index is 395. The molecule has 0 saturated heterocycles. The Morgan fingerprint density at radius 1 is 1.00 bits per heavy atom. The van der Waals surface area contributed by atoms with Crippen molar-refractivity contribution < 1.29 is 4.74 Å². The van der Waals surface area contributed by atoms with Gasteiger partial charge in [0.1, 0.15) is 12.4 Å². The molecule has 2 heteroatoms. The van der Waals surface area contributed by atoms with Crippen molar-refractivity contribution in [2.24, 2.45) is 5.41 Å². The van der Waals surface area contributed by atoms with Crippen molar-refractivity contribution in [3.8, 4) is 5.75 Å². The van der Waals surface area contributed by atoms with E-state index in [1.807, 2.05) is 0 Å². The van der Waals surface area contributed by atoms with Crippen LogP contribution in [0.5, 0.6) is 5.75 Å². The van der Waals surface area contributed by atoms with Crippen LogP contribution in [0.4, 0.5) is 0 Å². The zero-order valence-corrected chi connectivity index (χ0v) is 14.2. The van der Waals surface area contributed by atoms with Crippen molar-refractivity contribution in [3.63, 3.8) is 0 Å². The molecule has 1 N–H and O–H groups in total. The highest BCUT2D eigenvalue weighted by molar-refractivity contribution is 5.31. The van der Waals surface area contributed by atoms with Crippen LogP contribution in [-0.2, 0) is 5.41 Å². The van der Waals surface area contributed by atoms with Crippen LogP contribution in [0.15, 0.2) is 24.3 Å². The summed E-state index contributed by atoms with van der Waals surface area (Å²) in [6.45, 7) is 17.2. The van der Waals surface area contributed by atoms with Crippen LogP contribution in [0.1, 0.15) is 54.0 Å². The van der Waals surface area contributed by atoms with Crippen LogP contribution >= 0.6 is 0 Å². The first-order valence-corrected chi connectivity index (χ1v) is 7.61. The van der Waals surface area contributed by atoms with Crippen molar-refractivity contribution in [1.82, 2.24) is 5.32 Å². The van der Waals surface area contributed by atoms with Crippen LogP contribution in [0.2, 0.25) is 0 Å². The number of rotatable bonds is 5. The number of benzene rings is 1. The number of hydrogen-bond donors (Lipinski definition) is 1. The summed E-state index contributed by atoms with van der Waals surface area (Å²) >= 11 is 0. The number of hydrogen-bond acceptors (Lipinski definition) is 2. The van der Waals surface area contributed by atoms with Gasteiger partial charge in [-0.1, -0.05) is 60.6 Å². The molecule has 0 aliphatic carbocycles. The molecule has 1 aromatic carbocycles. The van der Waals surface area contributed by atoms with Gasteiger partial charge in [-0.3, -0.25) is 0 Å². The largest absolute Gasteiger partial charge is 0.492 e. The number of ether oxygens (including phenoxy) is 1. The van der Waals surface area contributed by atoms with E-state index in [0.29, 0.717) is 12.6 Å². The van der Waals surface area contributed by atoms with E-state index in [0.717, 1.165) is 12.3 Å². The van der Waals surface area contributed by atoms with E-state index in [9.17, 15) is 0 Å². The molecule has 0 aliphatic heterocycles. The molecule has 0 aliphatic rings. The van der Waals surface area contributed by atoms with Crippen molar-refractivity contribution >= 4 is 0 Å². The van der Waals surface area contributed by atoms with E-state index < -0.39 is 0 Å². The van der Waals surface area contributed by atoms with Gasteiger partial charge in [0.15, 0.2) is 0 Å². The summed E-state index contributed by atoms with van der Waals surface area (Å²) in [5.74, 6) is 0.949. The van der Waals surface area contributed by atoms with Gasteiger partial charge in [0.05, 0.1) is 0 Å². The highest BCUT2D eigenvalue weighted by Crippen LogP contribution is 2.25. The molecule has 0 saturated carbocycles. The first kappa shape index (κ1) is 17.0. The number of nitrogens with one attached hydrogen (secondary N) is 1. The predicted molar refractivity (Wildman–Crippen MR) is 87.6 cm³/mol. The minimum atomic E-state index is 0.191. The monoisotopic (exact) mass is 277 g/mol. The Morgan fingerprint density at radius 2 is 1.55 bits per heavy atom. The maximum atomic E-state index is 5.95. The molecule has 0 bridgehead atoms. The van der Waals surface area contributed by atoms with Crippen LogP contribution < -0.4 is 10.1 Å². The zero-order valence-electron chi connectivity index (χ0n) is 14.2. The van der Waals surface area contributed by atoms with Gasteiger partial charge >= 0.3 is 0 Å². The van der Waals surface area contributed by atoms with E-state index in [-0.39, 0.29) is 10.8 Å². The lowest BCUT2D eigenvalue weighted by molar-refractivity contribution is 0.176. The van der Waals surface area contributed by atoms with Gasteiger partial charge in [-0.25, -0.2) is 0 Å². The molecular formula is C18H31NO. The smallest absolute Gasteiger partial charge is 0.119 e. The second kappa shape index (κ2) is 6.62. The molecule has 0 spiro atoms. The minimum absolute atomic E-state index is 0.191. The molecule has 0 heterocycles. The lowest BCUT2D eigenvalue weighted by Crippen LogP contribution is -2.44. The lowest BCUT2D eigenvalue weighted by Gasteiger charge is -2.31. The molecule has 20 heavy (non-hydrogen) atoms. The van der Waals surface area contributed by atoms with E-state index in [2.05, 4.69) is 78.0 Å². The fraction of sp³-hybridized carbons (Fsp3) is 0.667. The molecular weight excluding hydrogens is 246 g/mol. The average molecular weight is 277 g/mol. The molecule has 0 aromatic heterocycles. The Balaban J connectivity index is 2.65. The van der Waals surface area contributed by atoms with Gasteiger partial charge in [-0.05, 0) is 35.1 Å². The molecule has 1 unspecified atom stereocenters. The summed E-state index contributed by atoms with van der Waals surface area (Å²) in [6, 6.07) is 8.83. The Labute approximate surface area is 124 Å². The van der Waals surface area contributed by atoms with Gasteiger partial charge < -0.3 is 10.1 Å². The highest BCUT2D eigenvalue weighted by atomic mass is 16.5. The van der Waals surface area contributed by atoms with Crippen LogP contribution in [0.3, 0.4) is 0 Å². The average Bonchev–Trinajstić information content (AvgIpc) is 2.32. The summed E-state index contributed by atoms with van der Waals surface area (Å²) < 4.78 is 5.95. The van der Waals surface area contributed by atoms with Crippen molar-refractivity contribution in [1.29, 1.82) is 0 Å². The molecule has 1 atom stereocenters. The second-order valence-corrected chi connectivity index (χ2v) is 7.56. The molecule has 0 fully saturated rings. The van der Waals surface area contributed by atoms with Crippen molar-refractivity contribution in [2.45, 2.75) is 59.9 Å². The Hall–Kier alpha value is -1.02. The van der Waals surface area contributed by atoms with E-state index in [1.54, 1.807) is 0 Å². The van der Waals surface area contributed by atoms with Crippen molar-refractivity contribution in [3.05, 3.63) is 29.8 Å². The standard InChI is InChI=1S/C18H31NO/c1-8-19-16(18(5,6)7)13-20-15-11-9-14(10-12-15)17(2,3)4/h9-12,16,19H,8,13H2,1-7H3. The van der Waals surface area contributed by atoms with Gasteiger partial charge in [0.25, 0.3) is 0 Å². The zero-order chi connectivity index (χ0) is 15.4. The second-order valence-electron chi connectivity index (χ2n) is 7.56. The summed E-state index contributed by atoms with van der Waals surface area (Å²) in [7, 11) is 0. The topological polar surface area (TPSA) is 21.3 Å². The maximum Gasteiger partial charge on any atom is 0.119 e. The molecule has 1 aromatic rings. The highest BCUT2D eigenvalue weighted by Gasteiger charge is 2.24. The van der Waals surface area contributed by atoms with E-state index in [1.165, 1.54) is 5.56 Å². The summed E-state index contributed by atoms with van der Waals surface area (Å²) in [5.41, 5.74) is 1.72. The molecule has 0 amide bonds. The molecule has 114 valence electrons. The van der Waals surface area contributed by atoms with Crippen LogP contribution in [0, 0.1) is 5.41 Å². The van der Waals surface area contributed by atoms with Gasteiger partial charge in [0, 0.05) is 6.04 Å². The normalized spacial score (nSPS) is 14.2. The Morgan fingerprint density at radius 3 is 1.95 bits per heavy atom. The summed E-state index contributed by atoms with van der Waals surface area (Å²) in [6.07, 6.45) is 0. The first-order chi connectivity index (χ1) is 9.14.